The molecule has 0 unspecified atom stereocenters. The Morgan fingerprint density at radius 1 is 0.947 bits per heavy atom. The Kier molecular flexibility index (Phi) is 3.93. The van der Waals surface area contributed by atoms with E-state index in [4.69, 9.17) is 0 Å². The standard InChI is InChI=1S/C15H13NO3/c1-19-15(18)12-9-5-6-10-13(12)16-14(17)11-7-3-2-4-8-11/h2-10H,1H3,(H,16,17). The van der Waals surface area contributed by atoms with Crippen LogP contribution in [0.2, 0.25) is 0 Å². The fourth-order valence-corrected chi connectivity index (χ4v) is 1.66. The molecule has 4 heteroatoms. The Morgan fingerprint density at radius 3 is 2.26 bits per heavy atom. The number of hydrogen-bond donors (Lipinski definition) is 1. The van der Waals surface area contributed by atoms with E-state index in [1.807, 2.05) is 6.07 Å². The van der Waals surface area contributed by atoms with E-state index in [-0.39, 0.29) is 5.91 Å². The number of rotatable bonds is 3. The Balaban J connectivity index is 2.25. The summed E-state index contributed by atoms with van der Waals surface area (Å²) in [5.41, 5.74) is 1.29. The average Bonchev–Trinajstić information content (AvgIpc) is 2.48. The predicted octanol–water partition coefficient (Wildman–Crippen LogP) is 2.73. The summed E-state index contributed by atoms with van der Waals surface area (Å²) in [5, 5.41) is 2.70. The Bertz CT molecular complexity index is 593. The minimum absolute atomic E-state index is 0.267. The van der Waals surface area contributed by atoms with Crippen molar-refractivity contribution in [2.24, 2.45) is 0 Å². The highest BCUT2D eigenvalue weighted by Crippen LogP contribution is 2.17. The SMILES string of the molecule is COC(=O)c1ccccc1NC(=O)c1ccccc1. The third kappa shape index (κ3) is 2.98. The number of methoxy groups -OCH3 is 1. The first kappa shape index (κ1) is 12.8. The lowest BCUT2D eigenvalue weighted by molar-refractivity contribution is 0.0602. The molecule has 1 amide bonds. The number of hydrogen-bond acceptors (Lipinski definition) is 3. The smallest absolute Gasteiger partial charge is 0.339 e. The van der Waals surface area contributed by atoms with Crippen molar-refractivity contribution in [1.29, 1.82) is 0 Å². The van der Waals surface area contributed by atoms with Gasteiger partial charge in [-0.3, -0.25) is 4.79 Å². The molecular weight excluding hydrogens is 242 g/mol. The zero-order chi connectivity index (χ0) is 13.7. The summed E-state index contributed by atoms with van der Waals surface area (Å²) in [6.07, 6.45) is 0. The van der Waals surface area contributed by atoms with E-state index < -0.39 is 5.97 Å². The van der Waals surface area contributed by atoms with Gasteiger partial charge in [0.05, 0.1) is 18.4 Å². The van der Waals surface area contributed by atoms with E-state index in [9.17, 15) is 9.59 Å². The summed E-state index contributed by atoms with van der Waals surface area (Å²) in [5.74, 6) is -0.749. The van der Waals surface area contributed by atoms with Crippen LogP contribution in [-0.2, 0) is 4.74 Å². The third-order valence-electron chi connectivity index (χ3n) is 2.62. The molecule has 2 rings (SSSR count). The van der Waals surface area contributed by atoms with Crippen molar-refractivity contribution >= 4 is 17.6 Å². The van der Waals surface area contributed by atoms with Crippen LogP contribution in [-0.4, -0.2) is 19.0 Å². The van der Waals surface area contributed by atoms with E-state index in [2.05, 4.69) is 10.1 Å². The average molecular weight is 255 g/mol. The molecule has 0 radical (unpaired) electrons. The molecule has 0 fully saturated rings. The van der Waals surface area contributed by atoms with Crippen molar-refractivity contribution in [1.82, 2.24) is 0 Å². The highest BCUT2D eigenvalue weighted by molar-refractivity contribution is 6.07. The summed E-state index contributed by atoms with van der Waals surface area (Å²) in [6.45, 7) is 0. The third-order valence-corrected chi connectivity index (χ3v) is 2.62. The van der Waals surface area contributed by atoms with Crippen LogP contribution in [0.3, 0.4) is 0 Å². The van der Waals surface area contributed by atoms with Gasteiger partial charge < -0.3 is 10.1 Å². The normalized spacial score (nSPS) is 9.74. The molecule has 0 saturated heterocycles. The molecule has 1 N–H and O–H groups in total. The Hall–Kier alpha value is -2.62. The molecule has 2 aromatic rings. The van der Waals surface area contributed by atoms with Gasteiger partial charge in [0.2, 0.25) is 0 Å². The van der Waals surface area contributed by atoms with Gasteiger partial charge in [0.1, 0.15) is 0 Å². The summed E-state index contributed by atoms with van der Waals surface area (Å²) >= 11 is 0. The lowest BCUT2D eigenvalue weighted by Gasteiger charge is -2.09. The van der Waals surface area contributed by atoms with Crippen molar-refractivity contribution in [2.45, 2.75) is 0 Å². The Labute approximate surface area is 111 Å². The van der Waals surface area contributed by atoms with Gasteiger partial charge in [-0.05, 0) is 24.3 Å². The topological polar surface area (TPSA) is 55.4 Å². The lowest BCUT2D eigenvalue weighted by Crippen LogP contribution is -2.15. The van der Waals surface area contributed by atoms with Crippen LogP contribution >= 0.6 is 0 Å². The van der Waals surface area contributed by atoms with Crippen LogP contribution in [0.5, 0.6) is 0 Å². The van der Waals surface area contributed by atoms with E-state index in [1.165, 1.54) is 7.11 Å². The number of esters is 1. The van der Waals surface area contributed by atoms with Crippen molar-refractivity contribution in [3.63, 3.8) is 0 Å². The molecule has 19 heavy (non-hydrogen) atoms. The molecule has 0 spiro atoms. The minimum Gasteiger partial charge on any atom is -0.465 e. The second-order valence-corrected chi connectivity index (χ2v) is 3.86. The lowest BCUT2D eigenvalue weighted by atomic mass is 10.1. The number of ether oxygens (including phenoxy) is 1. The van der Waals surface area contributed by atoms with E-state index >= 15 is 0 Å². The second kappa shape index (κ2) is 5.82. The molecule has 0 aliphatic heterocycles. The maximum atomic E-state index is 12.0. The number of nitrogens with one attached hydrogen (secondary N) is 1. The first-order valence-corrected chi connectivity index (χ1v) is 5.76. The van der Waals surface area contributed by atoms with Crippen molar-refractivity contribution in [3.8, 4) is 0 Å². The molecule has 0 heterocycles. The van der Waals surface area contributed by atoms with Gasteiger partial charge in [-0.15, -0.1) is 0 Å². The summed E-state index contributed by atoms with van der Waals surface area (Å²) in [6, 6.07) is 15.5. The molecule has 0 bridgehead atoms. The van der Waals surface area contributed by atoms with Crippen LogP contribution in [0.4, 0.5) is 5.69 Å². The Morgan fingerprint density at radius 2 is 1.58 bits per heavy atom. The van der Waals surface area contributed by atoms with E-state index in [0.29, 0.717) is 16.8 Å². The highest BCUT2D eigenvalue weighted by atomic mass is 16.5. The van der Waals surface area contributed by atoms with Gasteiger partial charge in [-0.25, -0.2) is 4.79 Å². The van der Waals surface area contributed by atoms with E-state index in [0.717, 1.165) is 0 Å². The number of carbonyl (C=O) groups excluding carboxylic acids is 2. The monoisotopic (exact) mass is 255 g/mol. The fourth-order valence-electron chi connectivity index (χ4n) is 1.66. The summed E-state index contributed by atoms with van der Waals surface area (Å²) in [7, 11) is 1.30. The van der Waals surface area contributed by atoms with Crippen molar-refractivity contribution in [3.05, 3.63) is 65.7 Å². The van der Waals surface area contributed by atoms with Gasteiger partial charge in [0.15, 0.2) is 0 Å². The fraction of sp³-hybridized carbons (Fsp3) is 0.0667. The predicted molar refractivity (Wildman–Crippen MR) is 72.2 cm³/mol. The molecule has 0 aliphatic carbocycles. The number of para-hydroxylation sites is 1. The zero-order valence-electron chi connectivity index (χ0n) is 10.4. The van der Waals surface area contributed by atoms with Gasteiger partial charge in [-0.1, -0.05) is 30.3 Å². The van der Waals surface area contributed by atoms with Gasteiger partial charge in [-0.2, -0.15) is 0 Å². The van der Waals surface area contributed by atoms with Crippen molar-refractivity contribution < 1.29 is 14.3 Å². The molecule has 2 aromatic carbocycles. The molecule has 0 aromatic heterocycles. The second-order valence-electron chi connectivity index (χ2n) is 3.86. The van der Waals surface area contributed by atoms with Gasteiger partial charge in [0.25, 0.3) is 5.91 Å². The van der Waals surface area contributed by atoms with Crippen LogP contribution in [0.25, 0.3) is 0 Å². The van der Waals surface area contributed by atoms with Gasteiger partial charge in [0, 0.05) is 5.56 Å². The van der Waals surface area contributed by atoms with E-state index in [1.54, 1.807) is 48.5 Å². The van der Waals surface area contributed by atoms with Crippen LogP contribution in [0.15, 0.2) is 54.6 Å². The molecule has 0 aliphatic rings. The number of benzene rings is 2. The summed E-state index contributed by atoms with van der Waals surface area (Å²) in [4.78, 5) is 23.6. The van der Waals surface area contributed by atoms with Crippen LogP contribution < -0.4 is 5.32 Å². The number of anilines is 1. The molecule has 96 valence electrons. The number of carbonyl (C=O) groups is 2. The molecular formula is C15H13NO3. The molecule has 4 nitrogen and oxygen atoms in total. The highest BCUT2D eigenvalue weighted by Gasteiger charge is 2.13. The first-order chi connectivity index (χ1) is 9.22. The maximum Gasteiger partial charge on any atom is 0.339 e. The van der Waals surface area contributed by atoms with Crippen molar-refractivity contribution in [2.75, 3.05) is 12.4 Å². The van der Waals surface area contributed by atoms with Gasteiger partial charge >= 0.3 is 5.97 Å². The van der Waals surface area contributed by atoms with Crippen LogP contribution in [0, 0.1) is 0 Å². The quantitative estimate of drug-likeness (QED) is 0.858. The number of amides is 1. The molecule has 0 saturated carbocycles. The summed E-state index contributed by atoms with van der Waals surface area (Å²) < 4.78 is 4.67. The van der Waals surface area contributed by atoms with Crippen LogP contribution in [0.1, 0.15) is 20.7 Å². The first-order valence-electron chi connectivity index (χ1n) is 5.76. The minimum atomic E-state index is -0.482. The largest absolute Gasteiger partial charge is 0.465 e. The maximum absolute atomic E-state index is 12.0. The zero-order valence-corrected chi connectivity index (χ0v) is 10.4. The molecule has 0 atom stereocenters.